The van der Waals surface area contributed by atoms with Gasteiger partial charge in [0, 0.05) is 18.1 Å². The van der Waals surface area contributed by atoms with E-state index in [1.165, 1.54) is 64.9 Å². The Morgan fingerprint density at radius 2 is 1.84 bits per heavy atom. The number of rotatable bonds is 6. The standard InChI is InChI=1S/C25H36N4O3/c1-18(17-20-13-10-16-28(20)19-11-6-4-3-5-7-12-19)29-22-15-9-8-14-21(22)26-23(25(29)31)24(30)27-32-2/h8-9,14-15,18-20H,3-7,10-13,16-17H2,1-2H3,(H,27,30)/t18-,20-/m0/s1. The van der Waals surface area contributed by atoms with Crippen molar-refractivity contribution in [3.63, 3.8) is 0 Å². The van der Waals surface area contributed by atoms with Crippen LogP contribution in [0.15, 0.2) is 29.1 Å². The Morgan fingerprint density at radius 3 is 2.59 bits per heavy atom. The van der Waals surface area contributed by atoms with Gasteiger partial charge in [-0.2, -0.15) is 0 Å². The first kappa shape index (κ1) is 22.9. The molecule has 7 nitrogen and oxygen atoms in total. The Balaban J connectivity index is 1.61. The van der Waals surface area contributed by atoms with Gasteiger partial charge in [-0.25, -0.2) is 10.5 Å². The fourth-order valence-corrected chi connectivity index (χ4v) is 5.74. The van der Waals surface area contributed by atoms with Crippen LogP contribution in [0.25, 0.3) is 11.0 Å². The number of nitrogens with one attached hydrogen (secondary N) is 1. The maximum atomic E-state index is 13.4. The Labute approximate surface area is 190 Å². The SMILES string of the molecule is CONC(=O)c1nc2ccccc2n([C@@H](C)C[C@@H]2CCCN2C2CCCCCCC2)c1=O. The summed E-state index contributed by atoms with van der Waals surface area (Å²) in [7, 11) is 1.35. The van der Waals surface area contributed by atoms with Gasteiger partial charge in [-0.3, -0.25) is 19.3 Å². The second-order valence-electron chi connectivity index (χ2n) is 9.38. The van der Waals surface area contributed by atoms with Gasteiger partial charge in [0.1, 0.15) is 0 Å². The van der Waals surface area contributed by atoms with Crippen molar-refractivity contribution in [1.82, 2.24) is 19.9 Å². The zero-order valence-electron chi connectivity index (χ0n) is 19.4. The maximum absolute atomic E-state index is 13.4. The molecule has 1 aliphatic carbocycles. The molecule has 1 saturated heterocycles. The molecule has 0 unspecified atom stereocenters. The van der Waals surface area contributed by atoms with E-state index in [9.17, 15) is 9.59 Å². The van der Waals surface area contributed by atoms with Gasteiger partial charge >= 0.3 is 0 Å². The number of carbonyl (C=O) groups excluding carboxylic acids is 1. The molecule has 1 amide bonds. The topological polar surface area (TPSA) is 76.5 Å². The van der Waals surface area contributed by atoms with Crippen molar-refractivity contribution in [1.29, 1.82) is 0 Å². The highest BCUT2D eigenvalue weighted by Gasteiger charge is 2.32. The van der Waals surface area contributed by atoms with Crippen LogP contribution in [0, 0.1) is 0 Å². The third-order valence-electron chi connectivity index (χ3n) is 7.23. The van der Waals surface area contributed by atoms with Gasteiger partial charge < -0.3 is 4.57 Å². The summed E-state index contributed by atoms with van der Waals surface area (Å²) in [4.78, 5) is 37.6. The summed E-state index contributed by atoms with van der Waals surface area (Å²) < 4.78 is 1.77. The highest BCUT2D eigenvalue weighted by molar-refractivity contribution is 5.93. The lowest BCUT2D eigenvalue weighted by Crippen LogP contribution is -2.41. The van der Waals surface area contributed by atoms with E-state index < -0.39 is 5.91 Å². The molecule has 174 valence electrons. The van der Waals surface area contributed by atoms with Crippen LogP contribution >= 0.6 is 0 Å². The fourth-order valence-electron chi connectivity index (χ4n) is 5.74. The smallest absolute Gasteiger partial charge is 0.299 e. The van der Waals surface area contributed by atoms with Gasteiger partial charge in [0.05, 0.1) is 18.1 Å². The van der Waals surface area contributed by atoms with E-state index in [2.05, 4.69) is 22.3 Å². The van der Waals surface area contributed by atoms with Crippen LogP contribution in [0.2, 0.25) is 0 Å². The van der Waals surface area contributed by atoms with Gasteiger partial charge in [0.2, 0.25) is 0 Å². The second-order valence-corrected chi connectivity index (χ2v) is 9.38. The minimum Gasteiger partial charge on any atom is -0.302 e. The molecule has 32 heavy (non-hydrogen) atoms. The molecule has 2 heterocycles. The molecule has 2 aromatic rings. The number of hydroxylamine groups is 1. The largest absolute Gasteiger partial charge is 0.302 e. The first-order valence-electron chi connectivity index (χ1n) is 12.2. The number of aromatic nitrogens is 2. The highest BCUT2D eigenvalue weighted by atomic mass is 16.6. The minimum atomic E-state index is -0.610. The summed E-state index contributed by atoms with van der Waals surface area (Å²) in [5, 5.41) is 0. The zero-order valence-corrected chi connectivity index (χ0v) is 19.4. The van der Waals surface area contributed by atoms with E-state index >= 15 is 0 Å². The summed E-state index contributed by atoms with van der Waals surface area (Å²) >= 11 is 0. The number of nitrogens with zero attached hydrogens (tertiary/aromatic N) is 3. The number of amides is 1. The van der Waals surface area contributed by atoms with Crippen LogP contribution in [-0.4, -0.2) is 46.1 Å². The Hall–Kier alpha value is -2.25. The van der Waals surface area contributed by atoms with Gasteiger partial charge in [-0.15, -0.1) is 0 Å². The van der Waals surface area contributed by atoms with Crippen molar-refractivity contribution >= 4 is 16.9 Å². The third-order valence-corrected chi connectivity index (χ3v) is 7.23. The molecule has 2 atom stereocenters. The molecule has 0 radical (unpaired) electrons. The van der Waals surface area contributed by atoms with E-state index in [0.717, 1.165) is 18.5 Å². The normalized spacial score (nSPS) is 21.9. The first-order chi connectivity index (χ1) is 15.6. The average Bonchev–Trinajstić information content (AvgIpc) is 3.21. The summed E-state index contributed by atoms with van der Waals surface area (Å²) in [5.74, 6) is -0.610. The van der Waals surface area contributed by atoms with Crippen LogP contribution < -0.4 is 11.0 Å². The van der Waals surface area contributed by atoms with Gasteiger partial charge in [-0.1, -0.05) is 44.2 Å². The van der Waals surface area contributed by atoms with Crippen molar-refractivity contribution in [2.45, 2.75) is 89.3 Å². The molecule has 1 N–H and O–H groups in total. The van der Waals surface area contributed by atoms with Crippen LogP contribution in [-0.2, 0) is 4.84 Å². The Morgan fingerprint density at radius 1 is 1.12 bits per heavy atom. The minimum absolute atomic E-state index is 0.0383. The molecule has 4 rings (SSSR count). The summed E-state index contributed by atoms with van der Waals surface area (Å²) in [5.41, 5.74) is 3.18. The molecule has 2 aliphatic rings. The van der Waals surface area contributed by atoms with Crippen molar-refractivity contribution in [2.75, 3.05) is 13.7 Å². The lowest BCUT2D eigenvalue weighted by atomic mass is 9.94. The number of para-hydroxylation sites is 2. The maximum Gasteiger partial charge on any atom is 0.299 e. The van der Waals surface area contributed by atoms with Gasteiger partial charge in [0.15, 0.2) is 5.69 Å². The summed E-state index contributed by atoms with van der Waals surface area (Å²) in [6.45, 7) is 3.26. The molecule has 1 saturated carbocycles. The molecule has 1 aromatic heterocycles. The van der Waals surface area contributed by atoms with Gasteiger partial charge in [-0.05, 0) is 57.7 Å². The van der Waals surface area contributed by atoms with Crippen LogP contribution in [0.3, 0.4) is 0 Å². The molecule has 0 bridgehead atoms. The van der Waals surface area contributed by atoms with E-state index in [-0.39, 0.29) is 17.3 Å². The molecular weight excluding hydrogens is 404 g/mol. The molecule has 1 aliphatic heterocycles. The van der Waals surface area contributed by atoms with E-state index in [1.807, 2.05) is 24.3 Å². The van der Waals surface area contributed by atoms with Gasteiger partial charge in [0.25, 0.3) is 11.5 Å². The first-order valence-corrected chi connectivity index (χ1v) is 12.2. The van der Waals surface area contributed by atoms with E-state index in [1.54, 1.807) is 4.57 Å². The van der Waals surface area contributed by atoms with Crippen molar-refractivity contribution < 1.29 is 9.63 Å². The molecule has 1 aromatic carbocycles. The number of fused-ring (bicyclic) bond motifs is 1. The monoisotopic (exact) mass is 440 g/mol. The molecule has 7 heteroatoms. The highest BCUT2D eigenvalue weighted by Crippen LogP contribution is 2.32. The fraction of sp³-hybridized carbons (Fsp3) is 0.640. The van der Waals surface area contributed by atoms with Crippen LogP contribution in [0.5, 0.6) is 0 Å². The number of hydrogen-bond donors (Lipinski definition) is 1. The Kier molecular flexibility index (Phi) is 7.58. The van der Waals surface area contributed by atoms with Crippen molar-refractivity contribution in [2.24, 2.45) is 0 Å². The van der Waals surface area contributed by atoms with Crippen LogP contribution in [0.1, 0.15) is 87.7 Å². The number of likely N-dealkylation sites (tertiary alicyclic amines) is 1. The number of hydrogen-bond acceptors (Lipinski definition) is 5. The predicted molar refractivity (Wildman–Crippen MR) is 126 cm³/mol. The zero-order chi connectivity index (χ0) is 22.5. The van der Waals surface area contributed by atoms with Crippen LogP contribution in [0.4, 0.5) is 0 Å². The number of carbonyl (C=O) groups is 1. The summed E-state index contributed by atoms with van der Waals surface area (Å²) in [6, 6.07) is 8.66. The third kappa shape index (κ3) is 4.89. The lowest BCUT2D eigenvalue weighted by Gasteiger charge is -2.36. The predicted octanol–water partition coefficient (Wildman–Crippen LogP) is 4.22. The average molecular weight is 441 g/mol. The number of benzene rings is 1. The molecule has 2 fully saturated rings. The Bertz CT molecular complexity index is 981. The quantitative estimate of drug-likeness (QED) is 0.681. The lowest BCUT2D eigenvalue weighted by molar-refractivity contribution is 0.0530. The molecular formula is C25H36N4O3. The van der Waals surface area contributed by atoms with E-state index in [0.29, 0.717) is 17.6 Å². The second kappa shape index (κ2) is 10.6. The van der Waals surface area contributed by atoms with E-state index in [4.69, 9.17) is 4.84 Å². The molecule has 0 spiro atoms. The summed E-state index contributed by atoms with van der Waals surface area (Å²) in [6.07, 6.45) is 12.6. The van der Waals surface area contributed by atoms with Crippen molar-refractivity contribution in [3.05, 3.63) is 40.3 Å². The van der Waals surface area contributed by atoms with Crippen molar-refractivity contribution in [3.8, 4) is 0 Å².